The van der Waals surface area contributed by atoms with Gasteiger partial charge in [0.2, 0.25) is 5.91 Å². The predicted molar refractivity (Wildman–Crippen MR) is 88.0 cm³/mol. The van der Waals surface area contributed by atoms with Crippen LogP contribution in [0.2, 0.25) is 0 Å². The molecule has 1 atom stereocenters. The molecule has 1 fully saturated rings. The molecule has 3 N–H and O–H groups in total. The monoisotopic (exact) mass is 356 g/mol. The van der Waals surface area contributed by atoms with Crippen LogP contribution in [0.1, 0.15) is 24.0 Å². The van der Waals surface area contributed by atoms with Gasteiger partial charge < -0.3 is 11.1 Å². The molecule has 20 heavy (non-hydrogen) atoms. The molecular formula is C15H21BrN2OS. The van der Waals surface area contributed by atoms with Gasteiger partial charge in [-0.3, -0.25) is 4.79 Å². The van der Waals surface area contributed by atoms with E-state index >= 15 is 0 Å². The molecule has 0 spiro atoms. The summed E-state index contributed by atoms with van der Waals surface area (Å²) in [6.07, 6.45) is 2.42. The fourth-order valence-electron chi connectivity index (χ4n) is 2.03. The lowest BCUT2D eigenvalue weighted by molar-refractivity contribution is -0.118. The highest BCUT2D eigenvalue weighted by Gasteiger charge is 2.28. The summed E-state index contributed by atoms with van der Waals surface area (Å²) < 4.78 is 1.11. The highest BCUT2D eigenvalue weighted by atomic mass is 79.9. The van der Waals surface area contributed by atoms with Gasteiger partial charge in [0, 0.05) is 22.0 Å². The topological polar surface area (TPSA) is 55.1 Å². The Bertz CT molecular complexity index is 503. The van der Waals surface area contributed by atoms with Crippen LogP contribution < -0.4 is 11.1 Å². The largest absolute Gasteiger partial charge is 0.354 e. The van der Waals surface area contributed by atoms with Crippen LogP contribution >= 0.6 is 27.7 Å². The first-order valence-corrected chi connectivity index (χ1v) is 8.67. The van der Waals surface area contributed by atoms with E-state index in [1.807, 2.05) is 0 Å². The van der Waals surface area contributed by atoms with E-state index < -0.39 is 0 Å². The Balaban J connectivity index is 1.79. The second-order valence-corrected chi connectivity index (χ2v) is 7.33. The molecule has 0 radical (unpaired) electrons. The Morgan fingerprint density at radius 1 is 1.45 bits per heavy atom. The molecule has 1 aliphatic carbocycles. The zero-order chi connectivity index (χ0) is 14.7. The quantitative estimate of drug-likeness (QED) is 0.770. The van der Waals surface area contributed by atoms with Crippen LogP contribution in [0.3, 0.4) is 0 Å². The number of carbonyl (C=O) groups is 1. The summed E-state index contributed by atoms with van der Waals surface area (Å²) >= 11 is 5.10. The molecule has 3 nitrogen and oxygen atoms in total. The fraction of sp³-hybridized carbons (Fsp3) is 0.533. The number of carbonyl (C=O) groups excluding carboxylic acids is 1. The Kier molecular flexibility index (Phi) is 5.52. The summed E-state index contributed by atoms with van der Waals surface area (Å²) in [4.78, 5) is 13.0. The van der Waals surface area contributed by atoms with Crippen molar-refractivity contribution in [2.24, 2.45) is 11.7 Å². The number of benzene rings is 1. The highest BCUT2D eigenvalue weighted by Crippen LogP contribution is 2.31. The minimum absolute atomic E-state index is 0.0612. The van der Waals surface area contributed by atoms with Gasteiger partial charge in [-0.25, -0.2) is 0 Å². The van der Waals surface area contributed by atoms with Crippen molar-refractivity contribution in [2.75, 3.05) is 12.3 Å². The van der Waals surface area contributed by atoms with Gasteiger partial charge in [-0.05, 0) is 55.9 Å². The maximum atomic E-state index is 11.8. The maximum Gasteiger partial charge on any atom is 0.230 e. The summed E-state index contributed by atoms with van der Waals surface area (Å²) in [7, 11) is 0. The summed E-state index contributed by atoms with van der Waals surface area (Å²) in [5, 5.41) is 2.93. The van der Waals surface area contributed by atoms with Gasteiger partial charge in [0.15, 0.2) is 0 Å². The summed E-state index contributed by atoms with van der Waals surface area (Å²) in [6, 6.07) is 4.34. The van der Waals surface area contributed by atoms with Gasteiger partial charge in [0.25, 0.3) is 0 Å². The lowest BCUT2D eigenvalue weighted by Gasteiger charge is -2.12. The predicted octanol–water partition coefficient (Wildman–Crippen LogP) is 3.01. The molecule has 110 valence electrons. The van der Waals surface area contributed by atoms with Crippen molar-refractivity contribution < 1.29 is 4.79 Å². The third-order valence-electron chi connectivity index (χ3n) is 3.58. The Labute approximate surface area is 133 Å². The molecule has 1 aromatic carbocycles. The average Bonchev–Trinajstić information content (AvgIpc) is 3.23. The third kappa shape index (κ3) is 4.50. The molecule has 1 amide bonds. The molecule has 2 rings (SSSR count). The zero-order valence-electron chi connectivity index (χ0n) is 11.9. The van der Waals surface area contributed by atoms with E-state index in [0.29, 0.717) is 18.2 Å². The molecular weight excluding hydrogens is 336 g/mol. The molecule has 0 aromatic heterocycles. The lowest BCUT2D eigenvalue weighted by atomic mass is 10.2. The van der Waals surface area contributed by atoms with Crippen molar-refractivity contribution >= 4 is 33.6 Å². The van der Waals surface area contributed by atoms with Crippen LogP contribution in [0, 0.1) is 19.8 Å². The Morgan fingerprint density at radius 2 is 2.15 bits per heavy atom. The minimum Gasteiger partial charge on any atom is -0.354 e. The van der Waals surface area contributed by atoms with E-state index in [1.54, 1.807) is 11.8 Å². The van der Waals surface area contributed by atoms with Crippen LogP contribution in [0.25, 0.3) is 0 Å². The van der Waals surface area contributed by atoms with E-state index in [2.05, 4.69) is 47.2 Å². The number of aryl methyl sites for hydroxylation is 2. The summed E-state index contributed by atoms with van der Waals surface area (Å²) in [5.41, 5.74) is 8.35. The number of amides is 1. The Morgan fingerprint density at radius 3 is 2.80 bits per heavy atom. The van der Waals surface area contributed by atoms with Crippen LogP contribution in [0.5, 0.6) is 0 Å². The molecule has 0 bridgehead atoms. The first kappa shape index (κ1) is 15.9. The molecule has 0 aliphatic heterocycles. The van der Waals surface area contributed by atoms with Crippen molar-refractivity contribution in [2.45, 2.75) is 37.6 Å². The van der Waals surface area contributed by atoms with Crippen molar-refractivity contribution in [3.8, 4) is 0 Å². The van der Waals surface area contributed by atoms with Crippen LogP contribution in [-0.4, -0.2) is 24.2 Å². The zero-order valence-corrected chi connectivity index (χ0v) is 14.3. The smallest absolute Gasteiger partial charge is 0.230 e. The van der Waals surface area contributed by atoms with Gasteiger partial charge in [0.1, 0.15) is 0 Å². The first-order valence-electron chi connectivity index (χ1n) is 6.89. The van der Waals surface area contributed by atoms with Crippen LogP contribution in [0.15, 0.2) is 21.5 Å². The van der Waals surface area contributed by atoms with Gasteiger partial charge in [-0.1, -0.05) is 15.9 Å². The van der Waals surface area contributed by atoms with E-state index in [4.69, 9.17) is 5.73 Å². The number of hydrogen-bond donors (Lipinski definition) is 2. The second-order valence-electron chi connectivity index (χ2n) is 5.46. The Hall–Kier alpha value is -0.520. The van der Waals surface area contributed by atoms with Crippen molar-refractivity contribution in [1.29, 1.82) is 0 Å². The summed E-state index contributed by atoms with van der Waals surface area (Å²) in [5.74, 6) is 1.13. The molecule has 1 aliphatic rings. The number of nitrogens with two attached hydrogens (primary N) is 1. The molecule has 1 saturated carbocycles. The number of thioether (sulfide) groups is 1. The van der Waals surface area contributed by atoms with Gasteiger partial charge in [-0.15, -0.1) is 11.8 Å². The SMILES string of the molecule is Cc1cc(SCC(=O)NC[C@H](N)C2CC2)c(C)cc1Br. The molecule has 5 heteroatoms. The highest BCUT2D eigenvalue weighted by molar-refractivity contribution is 9.10. The van der Waals surface area contributed by atoms with Gasteiger partial charge in [0.05, 0.1) is 5.75 Å². The lowest BCUT2D eigenvalue weighted by Crippen LogP contribution is -2.39. The van der Waals surface area contributed by atoms with E-state index in [1.165, 1.54) is 24.0 Å². The normalized spacial score (nSPS) is 16.0. The third-order valence-corrected chi connectivity index (χ3v) is 5.59. The molecule has 0 heterocycles. The van der Waals surface area contributed by atoms with Crippen LogP contribution in [-0.2, 0) is 4.79 Å². The van der Waals surface area contributed by atoms with Crippen molar-refractivity contribution in [3.05, 3.63) is 27.7 Å². The minimum atomic E-state index is 0.0612. The van der Waals surface area contributed by atoms with Gasteiger partial charge >= 0.3 is 0 Å². The van der Waals surface area contributed by atoms with E-state index in [-0.39, 0.29) is 11.9 Å². The molecule has 0 saturated heterocycles. The molecule has 1 aromatic rings. The average molecular weight is 357 g/mol. The van der Waals surface area contributed by atoms with Crippen LogP contribution in [0.4, 0.5) is 0 Å². The standard InChI is InChI=1S/C15H21BrN2OS/c1-9-6-14(10(2)5-12(9)16)20-8-15(19)18-7-13(17)11-3-4-11/h5-6,11,13H,3-4,7-8,17H2,1-2H3,(H,18,19)/t13-/m0/s1. The van der Waals surface area contributed by atoms with Gasteiger partial charge in [-0.2, -0.15) is 0 Å². The molecule has 0 unspecified atom stereocenters. The number of halogens is 1. The number of nitrogens with one attached hydrogen (secondary N) is 1. The fourth-order valence-corrected chi connectivity index (χ4v) is 3.42. The van der Waals surface area contributed by atoms with E-state index in [0.717, 1.165) is 9.37 Å². The van der Waals surface area contributed by atoms with Crippen molar-refractivity contribution in [3.63, 3.8) is 0 Å². The number of rotatable bonds is 6. The second kappa shape index (κ2) is 6.96. The van der Waals surface area contributed by atoms with E-state index in [9.17, 15) is 4.79 Å². The maximum absolute atomic E-state index is 11.8. The summed E-state index contributed by atoms with van der Waals surface area (Å²) in [6.45, 7) is 4.72. The number of hydrogen-bond acceptors (Lipinski definition) is 3. The first-order chi connectivity index (χ1) is 9.47. The van der Waals surface area contributed by atoms with Crippen molar-refractivity contribution in [1.82, 2.24) is 5.32 Å².